The van der Waals surface area contributed by atoms with E-state index in [2.05, 4.69) is 15.4 Å². The van der Waals surface area contributed by atoms with Crippen molar-refractivity contribution in [2.75, 3.05) is 18.5 Å². The van der Waals surface area contributed by atoms with E-state index in [1.54, 1.807) is 46.3 Å². The van der Waals surface area contributed by atoms with Crippen molar-refractivity contribution in [1.82, 2.24) is 14.6 Å². The number of fused-ring (bicyclic) bond motifs is 2. The maximum Gasteiger partial charge on any atom is 0.276 e. The van der Waals surface area contributed by atoms with Gasteiger partial charge in [0.2, 0.25) is 0 Å². The maximum absolute atomic E-state index is 12.7. The third kappa shape index (κ3) is 2.89. The van der Waals surface area contributed by atoms with Gasteiger partial charge in [-0.2, -0.15) is 5.10 Å². The predicted octanol–water partition coefficient (Wildman–Crippen LogP) is 3.48. The zero-order valence-electron chi connectivity index (χ0n) is 14.1. The Balaban J connectivity index is 1.45. The summed E-state index contributed by atoms with van der Waals surface area (Å²) in [7, 11) is 0. The van der Waals surface area contributed by atoms with Gasteiger partial charge in [0.1, 0.15) is 13.2 Å². The van der Waals surface area contributed by atoms with Crippen LogP contribution in [0, 0.1) is 0 Å². The smallest absolute Gasteiger partial charge is 0.276 e. The molecule has 8 heteroatoms. The average Bonchev–Trinajstić information content (AvgIpc) is 3.37. The first-order valence-electron chi connectivity index (χ1n) is 8.37. The topological polar surface area (TPSA) is 77.8 Å². The predicted molar refractivity (Wildman–Crippen MR) is 102 cm³/mol. The number of nitrogens with zero attached hydrogens (tertiary/aromatic N) is 3. The summed E-state index contributed by atoms with van der Waals surface area (Å²) in [6.45, 7) is 1.02. The Morgan fingerprint density at radius 2 is 2.00 bits per heavy atom. The second-order valence-corrected chi connectivity index (χ2v) is 6.87. The summed E-state index contributed by atoms with van der Waals surface area (Å²) in [6.07, 6.45) is 1.72. The van der Waals surface area contributed by atoms with Crippen LogP contribution in [0.3, 0.4) is 0 Å². The van der Waals surface area contributed by atoms with Gasteiger partial charge in [0, 0.05) is 24.0 Å². The van der Waals surface area contributed by atoms with Crippen molar-refractivity contribution in [2.45, 2.75) is 0 Å². The van der Waals surface area contributed by atoms with Crippen LogP contribution in [-0.4, -0.2) is 33.7 Å². The first kappa shape index (κ1) is 15.8. The van der Waals surface area contributed by atoms with Crippen molar-refractivity contribution in [3.63, 3.8) is 0 Å². The molecule has 0 atom stereocenters. The Kier molecular flexibility index (Phi) is 3.75. The van der Waals surface area contributed by atoms with Gasteiger partial charge >= 0.3 is 0 Å². The highest BCUT2D eigenvalue weighted by Crippen LogP contribution is 2.32. The molecule has 27 heavy (non-hydrogen) atoms. The molecule has 0 aliphatic carbocycles. The van der Waals surface area contributed by atoms with Crippen LogP contribution < -0.4 is 14.8 Å². The fraction of sp³-hybridized carbons (Fsp3) is 0.105. The molecule has 0 bridgehead atoms. The minimum Gasteiger partial charge on any atom is -0.486 e. The van der Waals surface area contributed by atoms with Crippen molar-refractivity contribution in [2.24, 2.45) is 0 Å². The number of nitrogens with one attached hydrogen (secondary N) is 1. The second-order valence-electron chi connectivity index (χ2n) is 5.92. The quantitative estimate of drug-likeness (QED) is 0.591. The molecule has 1 aromatic carbocycles. The van der Waals surface area contributed by atoms with E-state index in [-0.39, 0.29) is 5.91 Å². The summed E-state index contributed by atoms with van der Waals surface area (Å²) in [5, 5.41) is 9.29. The van der Waals surface area contributed by atoms with Gasteiger partial charge in [-0.25, -0.2) is 9.50 Å². The number of carbonyl (C=O) groups is 1. The molecular formula is C19H14N4O3S. The number of amides is 1. The molecule has 7 nitrogen and oxygen atoms in total. The standard InChI is InChI=1S/C19H14N4O3S/c24-19(21-12-3-4-15-16(10-12)26-8-7-25-15)13-11-18-20-6-5-14(23(18)22-13)17-2-1-9-27-17/h1-6,9-11H,7-8H2,(H,21,24). The van der Waals surface area contributed by atoms with E-state index in [4.69, 9.17) is 9.47 Å². The molecule has 1 amide bonds. The third-order valence-electron chi connectivity index (χ3n) is 4.16. The molecule has 0 spiro atoms. The molecule has 4 heterocycles. The van der Waals surface area contributed by atoms with Gasteiger partial charge in [-0.05, 0) is 29.6 Å². The average molecular weight is 378 g/mol. The largest absolute Gasteiger partial charge is 0.486 e. The summed E-state index contributed by atoms with van der Waals surface area (Å²) in [4.78, 5) is 18.0. The van der Waals surface area contributed by atoms with Crippen molar-refractivity contribution in [1.29, 1.82) is 0 Å². The Labute approximate surface area is 158 Å². The van der Waals surface area contributed by atoms with E-state index < -0.39 is 0 Å². The number of thiophene rings is 1. The van der Waals surface area contributed by atoms with Crippen LogP contribution in [0.15, 0.2) is 54.0 Å². The molecule has 0 saturated carbocycles. The summed E-state index contributed by atoms with van der Waals surface area (Å²) in [6, 6.07) is 12.8. The van der Waals surface area contributed by atoms with Crippen LogP contribution in [0.2, 0.25) is 0 Å². The number of aromatic nitrogens is 3. The van der Waals surface area contributed by atoms with Crippen LogP contribution >= 0.6 is 11.3 Å². The third-order valence-corrected chi connectivity index (χ3v) is 5.06. The Morgan fingerprint density at radius 3 is 2.85 bits per heavy atom. The van der Waals surface area contributed by atoms with Gasteiger partial charge in [0.05, 0.1) is 10.6 Å². The number of hydrogen-bond acceptors (Lipinski definition) is 6. The van der Waals surface area contributed by atoms with Crippen LogP contribution in [0.25, 0.3) is 16.2 Å². The number of benzene rings is 1. The molecule has 1 aliphatic heterocycles. The van der Waals surface area contributed by atoms with Crippen molar-refractivity contribution in [3.8, 4) is 22.1 Å². The highest BCUT2D eigenvalue weighted by Gasteiger charge is 2.17. The van der Waals surface area contributed by atoms with E-state index in [9.17, 15) is 4.79 Å². The summed E-state index contributed by atoms with van der Waals surface area (Å²) >= 11 is 1.61. The van der Waals surface area contributed by atoms with E-state index in [1.165, 1.54) is 0 Å². The lowest BCUT2D eigenvalue weighted by Gasteiger charge is -2.18. The molecule has 0 saturated heterocycles. The van der Waals surface area contributed by atoms with Gasteiger partial charge in [-0.3, -0.25) is 4.79 Å². The SMILES string of the molecule is O=C(Nc1ccc2c(c1)OCCO2)c1cc2nccc(-c3cccs3)n2n1. The molecule has 1 aliphatic rings. The van der Waals surface area contributed by atoms with Gasteiger partial charge in [-0.1, -0.05) is 6.07 Å². The zero-order valence-corrected chi connectivity index (χ0v) is 14.9. The Bertz CT molecular complexity index is 1140. The van der Waals surface area contributed by atoms with Crippen LogP contribution in [0.1, 0.15) is 10.5 Å². The molecule has 5 rings (SSSR count). The zero-order chi connectivity index (χ0) is 18.2. The summed E-state index contributed by atoms with van der Waals surface area (Å²) in [5.41, 5.74) is 2.43. The molecule has 3 aromatic heterocycles. The first-order chi connectivity index (χ1) is 13.3. The maximum atomic E-state index is 12.7. The fourth-order valence-electron chi connectivity index (χ4n) is 2.93. The lowest BCUT2D eigenvalue weighted by molar-refractivity contribution is 0.102. The first-order valence-corrected chi connectivity index (χ1v) is 9.25. The molecule has 0 fully saturated rings. The van der Waals surface area contributed by atoms with E-state index >= 15 is 0 Å². The van der Waals surface area contributed by atoms with E-state index in [0.717, 1.165) is 10.6 Å². The lowest BCUT2D eigenvalue weighted by atomic mass is 10.2. The number of rotatable bonds is 3. The van der Waals surface area contributed by atoms with Crippen LogP contribution in [-0.2, 0) is 0 Å². The minimum atomic E-state index is -0.311. The van der Waals surface area contributed by atoms with E-state index in [0.29, 0.717) is 41.7 Å². The van der Waals surface area contributed by atoms with Crippen LogP contribution in [0.4, 0.5) is 5.69 Å². The highest BCUT2D eigenvalue weighted by atomic mass is 32.1. The number of carbonyl (C=O) groups excluding carboxylic acids is 1. The summed E-state index contributed by atoms with van der Waals surface area (Å²) in [5.74, 6) is 0.988. The highest BCUT2D eigenvalue weighted by molar-refractivity contribution is 7.13. The van der Waals surface area contributed by atoms with E-state index in [1.807, 2.05) is 23.6 Å². The molecule has 1 N–H and O–H groups in total. The Morgan fingerprint density at radius 1 is 1.11 bits per heavy atom. The molecule has 4 aromatic rings. The van der Waals surface area contributed by atoms with Gasteiger partial charge in [0.15, 0.2) is 22.8 Å². The second kappa shape index (κ2) is 6.40. The number of anilines is 1. The molecule has 0 unspecified atom stereocenters. The number of hydrogen-bond donors (Lipinski definition) is 1. The molecule has 0 radical (unpaired) electrons. The molecular weight excluding hydrogens is 364 g/mol. The minimum absolute atomic E-state index is 0.293. The van der Waals surface area contributed by atoms with Gasteiger partial charge < -0.3 is 14.8 Å². The van der Waals surface area contributed by atoms with Crippen molar-refractivity contribution >= 4 is 28.6 Å². The normalized spacial score (nSPS) is 12.9. The van der Waals surface area contributed by atoms with Gasteiger partial charge in [-0.15, -0.1) is 11.3 Å². The van der Waals surface area contributed by atoms with Crippen LogP contribution in [0.5, 0.6) is 11.5 Å². The Hall–Kier alpha value is -3.39. The molecule has 134 valence electrons. The van der Waals surface area contributed by atoms with Crippen molar-refractivity contribution < 1.29 is 14.3 Å². The lowest BCUT2D eigenvalue weighted by Crippen LogP contribution is -2.16. The fourth-order valence-corrected chi connectivity index (χ4v) is 3.67. The van der Waals surface area contributed by atoms with Crippen molar-refractivity contribution in [3.05, 3.63) is 59.7 Å². The summed E-state index contributed by atoms with van der Waals surface area (Å²) < 4.78 is 12.7. The number of ether oxygens (including phenoxy) is 2. The van der Waals surface area contributed by atoms with Gasteiger partial charge in [0.25, 0.3) is 5.91 Å². The monoisotopic (exact) mass is 378 g/mol.